The number of para-hydroxylation sites is 1. The van der Waals surface area contributed by atoms with Crippen molar-refractivity contribution in [1.29, 1.82) is 0 Å². The highest BCUT2D eigenvalue weighted by Gasteiger charge is 2.24. The SMILES string of the molecule is Cc1cnc(C(=O)N2CCN(c3ccccc3F)CC2)cn1. The maximum atomic E-state index is 13.8. The van der Waals surface area contributed by atoms with Gasteiger partial charge in [0.05, 0.1) is 17.6 Å². The number of amides is 1. The molecule has 2 aromatic rings. The zero-order valence-electron chi connectivity index (χ0n) is 12.4. The molecular formula is C16H17FN4O. The molecule has 1 aliphatic heterocycles. The van der Waals surface area contributed by atoms with Gasteiger partial charge in [0.25, 0.3) is 5.91 Å². The molecule has 0 N–H and O–H groups in total. The molecule has 0 saturated carbocycles. The number of aryl methyl sites for hydroxylation is 1. The Morgan fingerprint density at radius 2 is 1.82 bits per heavy atom. The van der Waals surface area contributed by atoms with Gasteiger partial charge in [-0.2, -0.15) is 0 Å². The summed E-state index contributed by atoms with van der Waals surface area (Å²) < 4.78 is 13.8. The molecule has 1 amide bonds. The fourth-order valence-corrected chi connectivity index (χ4v) is 2.52. The van der Waals surface area contributed by atoms with Gasteiger partial charge >= 0.3 is 0 Å². The first-order chi connectivity index (χ1) is 10.6. The van der Waals surface area contributed by atoms with Crippen molar-refractivity contribution in [2.45, 2.75) is 6.92 Å². The minimum Gasteiger partial charge on any atom is -0.366 e. The molecule has 2 heterocycles. The van der Waals surface area contributed by atoms with Gasteiger partial charge < -0.3 is 9.80 Å². The van der Waals surface area contributed by atoms with Crippen LogP contribution in [0.4, 0.5) is 10.1 Å². The summed E-state index contributed by atoms with van der Waals surface area (Å²) in [4.78, 5) is 24.3. The normalized spacial score (nSPS) is 15.0. The predicted molar refractivity (Wildman–Crippen MR) is 81.3 cm³/mol. The lowest BCUT2D eigenvalue weighted by atomic mass is 10.2. The molecule has 0 radical (unpaired) electrons. The topological polar surface area (TPSA) is 49.3 Å². The van der Waals surface area contributed by atoms with Crippen LogP contribution < -0.4 is 4.90 Å². The first kappa shape index (κ1) is 14.4. The van der Waals surface area contributed by atoms with E-state index in [2.05, 4.69) is 9.97 Å². The van der Waals surface area contributed by atoms with Crippen molar-refractivity contribution in [2.75, 3.05) is 31.1 Å². The van der Waals surface area contributed by atoms with Gasteiger partial charge in [-0.1, -0.05) is 12.1 Å². The molecule has 5 nitrogen and oxygen atoms in total. The summed E-state index contributed by atoms with van der Waals surface area (Å²) in [6, 6.07) is 6.71. The largest absolute Gasteiger partial charge is 0.366 e. The molecule has 1 saturated heterocycles. The maximum absolute atomic E-state index is 13.8. The third-order valence-corrected chi connectivity index (χ3v) is 3.76. The Labute approximate surface area is 128 Å². The lowest BCUT2D eigenvalue weighted by Crippen LogP contribution is -2.49. The number of hydrogen-bond acceptors (Lipinski definition) is 4. The summed E-state index contributed by atoms with van der Waals surface area (Å²) in [5.41, 5.74) is 1.72. The van der Waals surface area contributed by atoms with E-state index in [1.54, 1.807) is 23.2 Å². The van der Waals surface area contributed by atoms with Crippen molar-refractivity contribution >= 4 is 11.6 Å². The Hall–Kier alpha value is -2.50. The van der Waals surface area contributed by atoms with Crippen molar-refractivity contribution in [3.63, 3.8) is 0 Å². The first-order valence-corrected chi connectivity index (χ1v) is 7.22. The average Bonchev–Trinajstić information content (AvgIpc) is 2.56. The summed E-state index contributed by atoms with van der Waals surface area (Å²) in [5, 5.41) is 0. The Morgan fingerprint density at radius 1 is 1.09 bits per heavy atom. The standard InChI is InChI=1S/C16H17FN4O/c1-12-10-19-14(11-18-12)16(22)21-8-6-20(7-9-21)15-5-3-2-4-13(15)17/h2-5,10-11H,6-9H2,1H3. The number of halogens is 1. The van der Waals surface area contributed by atoms with E-state index in [1.807, 2.05) is 17.9 Å². The van der Waals surface area contributed by atoms with Crippen LogP contribution in [0.15, 0.2) is 36.7 Å². The molecule has 0 aliphatic carbocycles. The number of rotatable bonds is 2. The second-order valence-electron chi connectivity index (χ2n) is 5.27. The minimum absolute atomic E-state index is 0.124. The van der Waals surface area contributed by atoms with Crippen molar-refractivity contribution in [1.82, 2.24) is 14.9 Å². The van der Waals surface area contributed by atoms with Gasteiger partial charge in [-0.15, -0.1) is 0 Å². The molecule has 1 aromatic carbocycles. The number of aromatic nitrogens is 2. The first-order valence-electron chi connectivity index (χ1n) is 7.22. The molecule has 3 rings (SSSR count). The number of anilines is 1. The Bertz CT molecular complexity index is 666. The molecule has 1 fully saturated rings. The molecule has 6 heteroatoms. The Morgan fingerprint density at radius 3 is 2.45 bits per heavy atom. The fourth-order valence-electron chi connectivity index (χ4n) is 2.52. The molecular weight excluding hydrogens is 283 g/mol. The molecule has 114 valence electrons. The van der Waals surface area contributed by atoms with E-state index in [0.29, 0.717) is 37.6 Å². The van der Waals surface area contributed by atoms with E-state index < -0.39 is 0 Å². The smallest absolute Gasteiger partial charge is 0.274 e. The van der Waals surface area contributed by atoms with Crippen molar-refractivity contribution in [3.8, 4) is 0 Å². The van der Waals surface area contributed by atoms with E-state index in [1.165, 1.54) is 12.3 Å². The lowest BCUT2D eigenvalue weighted by molar-refractivity contribution is 0.0740. The number of carbonyl (C=O) groups is 1. The van der Waals surface area contributed by atoms with Crippen LogP contribution in [0.25, 0.3) is 0 Å². The van der Waals surface area contributed by atoms with Crippen molar-refractivity contribution in [2.24, 2.45) is 0 Å². The van der Waals surface area contributed by atoms with Crippen LogP contribution in [0.5, 0.6) is 0 Å². The molecule has 0 unspecified atom stereocenters. The highest BCUT2D eigenvalue weighted by Crippen LogP contribution is 2.20. The summed E-state index contributed by atoms with van der Waals surface area (Å²) in [6.45, 7) is 4.12. The molecule has 1 aliphatic rings. The second kappa shape index (κ2) is 6.09. The second-order valence-corrected chi connectivity index (χ2v) is 5.27. The third kappa shape index (κ3) is 2.90. The van der Waals surface area contributed by atoms with Gasteiger partial charge in [0.2, 0.25) is 0 Å². The van der Waals surface area contributed by atoms with E-state index in [4.69, 9.17) is 0 Å². The average molecular weight is 300 g/mol. The summed E-state index contributed by atoms with van der Waals surface area (Å²) >= 11 is 0. The summed E-state index contributed by atoms with van der Waals surface area (Å²) in [6.07, 6.45) is 3.09. The van der Waals surface area contributed by atoms with Gasteiger partial charge in [0, 0.05) is 32.4 Å². The number of piperazine rings is 1. The fraction of sp³-hybridized carbons (Fsp3) is 0.312. The van der Waals surface area contributed by atoms with Crippen LogP contribution in [0, 0.1) is 12.7 Å². The van der Waals surface area contributed by atoms with Crippen molar-refractivity contribution in [3.05, 3.63) is 53.9 Å². The van der Waals surface area contributed by atoms with Crippen LogP contribution in [0.3, 0.4) is 0 Å². The van der Waals surface area contributed by atoms with Gasteiger partial charge in [0.1, 0.15) is 11.5 Å². The van der Waals surface area contributed by atoms with Crippen molar-refractivity contribution < 1.29 is 9.18 Å². The molecule has 1 aromatic heterocycles. The zero-order chi connectivity index (χ0) is 15.5. The van der Waals surface area contributed by atoms with Crippen LogP contribution in [-0.2, 0) is 0 Å². The zero-order valence-corrected chi connectivity index (χ0v) is 12.4. The monoisotopic (exact) mass is 300 g/mol. The van der Waals surface area contributed by atoms with E-state index in [-0.39, 0.29) is 11.7 Å². The Balaban J connectivity index is 1.65. The molecule has 0 spiro atoms. The van der Waals surface area contributed by atoms with Crippen LogP contribution in [0.2, 0.25) is 0 Å². The van der Waals surface area contributed by atoms with Gasteiger partial charge in [-0.05, 0) is 19.1 Å². The van der Waals surface area contributed by atoms with E-state index in [9.17, 15) is 9.18 Å². The van der Waals surface area contributed by atoms with Crippen LogP contribution in [0.1, 0.15) is 16.2 Å². The van der Waals surface area contributed by atoms with Gasteiger partial charge in [-0.25, -0.2) is 9.37 Å². The summed E-state index contributed by atoms with van der Waals surface area (Å²) in [5.74, 6) is -0.354. The third-order valence-electron chi connectivity index (χ3n) is 3.76. The molecule has 22 heavy (non-hydrogen) atoms. The molecule has 0 bridgehead atoms. The minimum atomic E-state index is -0.230. The van der Waals surface area contributed by atoms with Gasteiger partial charge in [0.15, 0.2) is 0 Å². The van der Waals surface area contributed by atoms with Crippen LogP contribution >= 0.6 is 0 Å². The van der Waals surface area contributed by atoms with E-state index in [0.717, 1.165) is 5.69 Å². The quantitative estimate of drug-likeness (QED) is 0.850. The number of nitrogens with zero attached hydrogens (tertiary/aromatic N) is 4. The maximum Gasteiger partial charge on any atom is 0.274 e. The lowest BCUT2D eigenvalue weighted by Gasteiger charge is -2.36. The highest BCUT2D eigenvalue weighted by atomic mass is 19.1. The van der Waals surface area contributed by atoms with Crippen LogP contribution in [-0.4, -0.2) is 47.0 Å². The Kier molecular flexibility index (Phi) is 4.00. The highest BCUT2D eigenvalue weighted by molar-refractivity contribution is 5.92. The van der Waals surface area contributed by atoms with Gasteiger partial charge in [-0.3, -0.25) is 9.78 Å². The predicted octanol–water partition coefficient (Wildman–Crippen LogP) is 1.89. The summed E-state index contributed by atoms with van der Waals surface area (Å²) in [7, 11) is 0. The number of hydrogen-bond donors (Lipinski definition) is 0. The van der Waals surface area contributed by atoms with E-state index >= 15 is 0 Å². The molecule has 0 atom stereocenters. The number of carbonyl (C=O) groups excluding carboxylic acids is 1. The number of benzene rings is 1.